The summed E-state index contributed by atoms with van der Waals surface area (Å²) in [5.74, 6) is 0. The van der Waals surface area contributed by atoms with Crippen LogP contribution >= 0.6 is 0 Å². The van der Waals surface area contributed by atoms with E-state index < -0.39 is 0 Å². The molecule has 1 unspecified atom stereocenters. The SMILES string of the molecule is CC1(CCCNCCN)COCCO1. The van der Waals surface area contributed by atoms with E-state index in [1.807, 2.05) is 0 Å². The molecule has 1 atom stereocenters. The molecule has 0 aromatic carbocycles. The van der Waals surface area contributed by atoms with Gasteiger partial charge >= 0.3 is 0 Å². The third-order valence-corrected chi connectivity index (χ3v) is 2.47. The average molecular weight is 202 g/mol. The summed E-state index contributed by atoms with van der Waals surface area (Å²) in [5, 5.41) is 3.27. The Kier molecular flexibility index (Phi) is 5.40. The van der Waals surface area contributed by atoms with Crippen LogP contribution in [0.25, 0.3) is 0 Å². The van der Waals surface area contributed by atoms with Gasteiger partial charge in [-0.3, -0.25) is 0 Å². The fourth-order valence-electron chi connectivity index (χ4n) is 1.64. The number of ether oxygens (including phenoxy) is 2. The van der Waals surface area contributed by atoms with Gasteiger partial charge in [-0.15, -0.1) is 0 Å². The van der Waals surface area contributed by atoms with Crippen LogP contribution in [0.5, 0.6) is 0 Å². The molecule has 3 N–H and O–H groups in total. The highest BCUT2D eigenvalue weighted by atomic mass is 16.6. The van der Waals surface area contributed by atoms with Crippen LogP contribution in [0, 0.1) is 0 Å². The Labute approximate surface area is 86.1 Å². The molecule has 0 spiro atoms. The summed E-state index contributed by atoms with van der Waals surface area (Å²) in [5.41, 5.74) is 5.31. The van der Waals surface area contributed by atoms with Crippen LogP contribution in [0.3, 0.4) is 0 Å². The first-order chi connectivity index (χ1) is 6.77. The van der Waals surface area contributed by atoms with Crippen LogP contribution in [0.4, 0.5) is 0 Å². The van der Waals surface area contributed by atoms with Crippen LogP contribution in [-0.4, -0.2) is 45.1 Å². The molecule has 1 fully saturated rings. The number of hydrogen-bond donors (Lipinski definition) is 2. The Morgan fingerprint density at radius 2 is 2.21 bits per heavy atom. The highest BCUT2D eigenvalue weighted by molar-refractivity contribution is 4.77. The van der Waals surface area contributed by atoms with Gasteiger partial charge < -0.3 is 20.5 Å². The summed E-state index contributed by atoms with van der Waals surface area (Å²) in [6.45, 7) is 6.92. The molecule has 1 aliphatic rings. The van der Waals surface area contributed by atoms with Gasteiger partial charge in [0.2, 0.25) is 0 Å². The van der Waals surface area contributed by atoms with Crippen molar-refractivity contribution >= 4 is 0 Å². The van der Waals surface area contributed by atoms with E-state index in [2.05, 4.69) is 12.2 Å². The molecular formula is C10H22N2O2. The summed E-state index contributed by atoms with van der Waals surface area (Å²) in [6, 6.07) is 0. The molecule has 0 saturated carbocycles. The first-order valence-electron chi connectivity index (χ1n) is 5.39. The standard InChI is InChI=1S/C10H22N2O2/c1-10(9-13-7-8-14-10)3-2-5-12-6-4-11/h12H,2-9,11H2,1H3. The maximum atomic E-state index is 5.69. The largest absolute Gasteiger partial charge is 0.376 e. The van der Waals surface area contributed by atoms with Crippen molar-refractivity contribution < 1.29 is 9.47 Å². The second-order valence-electron chi connectivity index (χ2n) is 3.99. The van der Waals surface area contributed by atoms with Crippen LogP contribution in [0.1, 0.15) is 19.8 Å². The predicted octanol–water partition coefficient (Wildman–Crippen LogP) is 0.120. The van der Waals surface area contributed by atoms with Gasteiger partial charge in [0.25, 0.3) is 0 Å². The predicted molar refractivity (Wildman–Crippen MR) is 56.3 cm³/mol. The molecule has 1 saturated heterocycles. The molecule has 0 radical (unpaired) electrons. The lowest BCUT2D eigenvalue weighted by Gasteiger charge is -2.33. The topological polar surface area (TPSA) is 56.5 Å². The minimum Gasteiger partial charge on any atom is -0.376 e. The second kappa shape index (κ2) is 6.35. The second-order valence-corrected chi connectivity index (χ2v) is 3.99. The molecular weight excluding hydrogens is 180 g/mol. The lowest BCUT2D eigenvalue weighted by molar-refractivity contribution is -0.151. The molecule has 84 valence electrons. The lowest BCUT2D eigenvalue weighted by atomic mass is 10.0. The molecule has 1 rings (SSSR count). The summed E-state index contributed by atoms with van der Waals surface area (Å²) in [4.78, 5) is 0. The van der Waals surface area contributed by atoms with Gasteiger partial charge in [0, 0.05) is 13.1 Å². The van der Waals surface area contributed by atoms with Gasteiger partial charge in [-0.25, -0.2) is 0 Å². The highest BCUT2D eigenvalue weighted by Crippen LogP contribution is 2.20. The van der Waals surface area contributed by atoms with E-state index in [-0.39, 0.29) is 5.60 Å². The Hall–Kier alpha value is -0.160. The Morgan fingerprint density at radius 1 is 1.36 bits per heavy atom. The zero-order valence-corrected chi connectivity index (χ0v) is 9.05. The Bertz CT molecular complexity index is 147. The highest BCUT2D eigenvalue weighted by Gasteiger charge is 2.27. The first kappa shape index (κ1) is 11.9. The number of nitrogens with one attached hydrogen (secondary N) is 1. The number of hydrogen-bond acceptors (Lipinski definition) is 4. The van der Waals surface area contributed by atoms with E-state index >= 15 is 0 Å². The van der Waals surface area contributed by atoms with Crippen LogP contribution in [0.2, 0.25) is 0 Å². The molecule has 0 amide bonds. The van der Waals surface area contributed by atoms with Crippen LogP contribution in [-0.2, 0) is 9.47 Å². The van der Waals surface area contributed by atoms with Gasteiger partial charge in [0.1, 0.15) is 0 Å². The molecule has 4 nitrogen and oxygen atoms in total. The zero-order chi connectivity index (χ0) is 10.3. The van der Waals surface area contributed by atoms with E-state index in [0.717, 1.165) is 45.8 Å². The van der Waals surface area contributed by atoms with E-state index in [9.17, 15) is 0 Å². The normalized spacial score (nSPS) is 27.9. The van der Waals surface area contributed by atoms with E-state index in [1.165, 1.54) is 0 Å². The van der Waals surface area contributed by atoms with Gasteiger partial charge in [-0.05, 0) is 26.3 Å². The fourth-order valence-corrected chi connectivity index (χ4v) is 1.64. The minimum atomic E-state index is -0.0668. The first-order valence-corrected chi connectivity index (χ1v) is 5.39. The van der Waals surface area contributed by atoms with Crippen LogP contribution in [0.15, 0.2) is 0 Å². The lowest BCUT2D eigenvalue weighted by Crippen LogP contribution is -2.41. The number of nitrogens with two attached hydrogens (primary N) is 1. The molecule has 0 aromatic rings. The molecule has 0 aliphatic carbocycles. The van der Waals surface area contributed by atoms with Gasteiger partial charge in [-0.2, -0.15) is 0 Å². The summed E-state index contributed by atoms with van der Waals surface area (Å²) in [7, 11) is 0. The van der Waals surface area contributed by atoms with Crippen molar-refractivity contribution in [2.45, 2.75) is 25.4 Å². The molecule has 1 aliphatic heterocycles. The molecule has 0 aromatic heterocycles. The third-order valence-electron chi connectivity index (χ3n) is 2.47. The van der Waals surface area contributed by atoms with Crippen molar-refractivity contribution in [1.29, 1.82) is 0 Å². The quantitative estimate of drug-likeness (QED) is 0.601. The summed E-state index contributed by atoms with van der Waals surface area (Å²) < 4.78 is 11.1. The Morgan fingerprint density at radius 3 is 2.86 bits per heavy atom. The van der Waals surface area contributed by atoms with Gasteiger partial charge in [-0.1, -0.05) is 0 Å². The van der Waals surface area contributed by atoms with Crippen molar-refractivity contribution in [3.8, 4) is 0 Å². The van der Waals surface area contributed by atoms with E-state index in [0.29, 0.717) is 6.54 Å². The minimum absolute atomic E-state index is 0.0668. The van der Waals surface area contributed by atoms with Crippen molar-refractivity contribution in [3.05, 3.63) is 0 Å². The number of rotatable bonds is 6. The monoisotopic (exact) mass is 202 g/mol. The summed E-state index contributed by atoms with van der Waals surface area (Å²) >= 11 is 0. The molecule has 14 heavy (non-hydrogen) atoms. The van der Waals surface area contributed by atoms with Gasteiger partial charge in [0.05, 0.1) is 25.4 Å². The van der Waals surface area contributed by atoms with Crippen molar-refractivity contribution in [1.82, 2.24) is 5.32 Å². The Balaban J connectivity index is 2.03. The average Bonchev–Trinajstić information content (AvgIpc) is 2.18. The third kappa shape index (κ3) is 4.37. The molecule has 4 heteroatoms. The van der Waals surface area contributed by atoms with E-state index in [4.69, 9.17) is 15.2 Å². The van der Waals surface area contributed by atoms with Gasteiger partial charge in [0.15, 0.2) is 0 Å². The van der Waals surface area contributed by atoms with Crippen LogP contribution < -0.4 is 11.1 Å². The fraction of sp³-hybridized carbons (Fsp3) is 1.00. The smallest absolute Gasteiger partial charge is 0.0888 e. The maximum Gasteiger partial charge on any atom is 0.0888 e. The molecule has 1 heterocycles. The maximum absolute atomic E-state index is 5.69. The van der Waals surface area contributed by atoms with Crippen molar-refractivity contribution in [3.63, 3.8) is 0 Å². The zero-order valence-electron chi connectivity index (χ0n) is 9.05. The van der Waals surface area contributed by atoms with E-state index in [1.54, 1.807) is 0 Å². The van der Waals surface area contributed by atoms with Crippen molar-refractivity contribution in [2.75, 3.05) is 39.5 Å². The summed E-state index contributed by atoms with van der Waals surface area (Å²) in [6.07, 6.45) is 2.16. The van der Waals surface area contributed by atoms with Crippen molar-refractivity contribution in [2.24, 2.45) is 5.73 Å². The molecule has 0 bridgehead atoms.